The summed E-state index contributed by atoms with van der Waals surface area (Å²) < 4.78 is 3.21. The summed E-state index contributed by atoms with van der Waals surface area (Å²) in [5, 5.41) is 1.10. The van der Waals surface area contributed by atoms with E-state index in [4.69, 9.17) is 23.2 Å². The van der Waals surface area contributed by atoms with Crippen LogP contribution in [-0.4, -0.2) is 4.98 Å². The summed E-state index contributed by atoms with van der Waals surface area (Å²) >= 11 is 13.4. The highest BCUT2D eigenvalue weighted by atomic mass is 35.5. The Morgan fingerprint density at radius 3 is 2.59 bits per heavy atom. The lowest BCUT2D eigenvalue weighted by atomic mass is 10.3. The molecule has 1 heterocycles. The standard InChI is InChI=1S/C12H10Cl2N2S/c13-10-6-7-12(14)15-11(10)8-17-16-9-4-2-1-3-5-9/h1-7,16H,8H2. The van der Waals surface area contributed by atoms with Crippen LogP contribution in [0.3, 0.4) is 0 Å². The Balaban J connectivity index is 1.92. The molecule has 2 aromatic rings. The van der Waals surface area contributed by atoms with E-state index in [0.717, 1.165) is 11.4 Å². The third-order valence-electron chi connectivity index (χ3n) is 2.06. The molecule has 0 bridgehead atoms. The first-order valence-corrected chi connectivity index (χ1v) is 6.73. The minimum absolute atomic E-state index is 0.463. The number of anilines is 1. The maximum Gasteiger partial charge on any atom is 0.129 e. The van der Waals surface area contributed by atoms with E-state index < -0.39 is 0 Å². The van der Waals surface area contributed by atoms with Crippen molar-refractivity contribution in [1.29, 1.82) is 0 Å². The second-order valence-corrected chi connectivity index (χ2v) is 4.90. The SMILES string of the molecule is Clc1ccc(Cl)c(CSNc2ccccc2)n1. The monoisotopic (exact) mass is 284 g/mol. The molecule has 1 N–H and O–H groups in total. The molecule has 2 nitrogen and oxygen atoms in total. The maximum absolute atomic E-state index is 6.02. The molecule has 0 fully saturated rings. The summed E-state index contributed by atoms with van der Waals surface area (Å²) in [4.78, 5) is 4.18. The Kier molecular flexibility index (Phi) is 4.54. The van der Waals surface area contributed by atoms with Gasteiger partial charge in [-0.1, -0.05) is 41.4 Å². The Morgan fingerprint density at radius 2 is 1.82 bits per heavy atom. The van der Waals surface area contributed by atoms with Gasteiger partial charge in [0.15, 0.2) is 0 Å². The van der Waals surface area contributed by atoms with Gasteiger partial charge in [0, 0.05) is 5.69 Å². The van der Waals surface area contributed by atoms with Gasteiger partial charge in [0.2, 0.25) is 0 Å². The molecule has 0 aliphatic carbocycles. The molecule has 0 saturated carbocycles. The topological polar surface area (TPSA) is 24.9 Å². The minimum atomic E-state index is 0.463. The van der Waals surface area contributed by atoms with Crippen LogP contribution in [0.5, 0.6) is 0 Å². The van der Waals surface area contributed by atoms with E-state index in [1.807, 2.05) is 30.3 Å². The van der Waals surface area contributed by atoms with E-state index in [9.17, 15) is 0 Å². The van der Waals surface area contributed by atoms with Crippen LogP contribution in [0.25, 0.3) is 0 Å². The Hall–Kier alpha value is -0.900. The van der Waals surface area contributed by atoms with Crippen molar-refractivity contribution in [2.75, 3.05) is 4.72 Å². The number of pyridine rings is 1. The van der Waals surface area contributed by atoms with Gasteiger partial charge in [-0.3, -0.25) is 0 Å². The van der Waals surface area contributed by atoms with E-state index in [0.29, 0.717) is 15.9 Å². The lowest BCUT2D eigenvalue weighted by Gasteiger charge is -2.06. The van der Waals surface area contributed by atoms with E-state index in [1.54, 1.807) is 12.1 Å². The summed E-state index contributed by atoms with van der Waals surface area (Å²) in [6.07, 6.45) is 0. The molecule has 17 heavy (non-hydrogen) atoms. The van der Waals surface area contributed by atoms with Crippen LogP contribution in [0, 0.1) is 0 Å². The number of halogens is 2. The van der Waals surface area contributed by atoms with Crippen LogP contribution in [-0.2, 0) is 5.75 Å². The van der Waals surface area contributed by atoms with E-state index in [1.165, 1.54) is 11.9 Å². The Bertz CT molecular complexity index is 491. The molecule has 2 rings (SSSR count). The smallest absolute Gasteiger partial charge is 0.129 e. The van der Waals surface area contributed by atoms with Gasteiger partial charge in [0.25, 0.3) is 0 Å². The lowest BCUT2D eigenvalue weighted by molar-refractivity contribution is 1.18. The van der Waals surface area contributed by atoms with Crippen molar-refractivity contribution in [2.24, 2.45) is 0 Å². The summed E-state index contributed by atoms with van der Waals surface area (Å²) in [7, 11) is 0. The van der Waals surface area contributed by atoms with Crippen molar-refractivity contribution in [3.8, 4) is 0 Å². The Labute approximate surface area is 114 Å². The first kappa shape index (κ1) is 12.6. The van der Waals surface area contributed by atoms with E-state index in [2.05, 4.69) is 9.71 Å². The molecular weight excluding hydrogens is 275 g/mol. The molecule has 0 amide bonds. The highest BCUT2D eigenvalue weighted by Gasteiger charge is 2.03. The quantitative estimate of drug-likeness (QED) is 0.654. The predicted molar refractivity (Wildman–Crippen MR) is 75.6 cm³/mol. The zero-order chi connectivity index (χ0) is 12.1. The van der Waals surface area contributed by atoms with Gasteiger partial charge in [-0.15, -0.1) is 0 Å². The summed E-state index contributed by atoms with van der Waals surface area (Å²) in [6.45, 7) is 0. The van der Waals surface area contributed by atoms with E-state index in [-0.39, 0.29) is 0 Å². The van der Waals surface area contributed by atoms with Gasteiger partial charge < -0.3 is 4.72 Å². The molecule has 5 heteroatoms. The van der Waals surface area contributed by atoms with Crippen LogP contribution in [0.1, 0.15) is 5.69 Å². The molecule has 0 aliphatic heterocycles. The first-order chi connectivity index (χ1) is 8.25. The van der Waals surface area contributed by atoms with Gasteiger partial charge in [0.05, 0.1) is 16.5 Å². The molecule has 0 saturated heterocycles. The molecule has 0 atom stereocenters. The maximum atomic E-state index is 6.02. The molecular formula is C12H10Cl2N2S. The third-order valence-corrected chi connectivity index (χ3v) is 3.41. The molecule has 0 spiro atoms. The Morgan fingerprint density at radius 1 is 1.06 bits per heavy atom. The van der Waals surface area contributed by atoms with Crippen molar-refractivity contribution in [3.63, 3.8) is 0 Å². The molecule has 0 aliphatic rings. The van der Waals surface area contributed by atoms with Crippen LogP contribution in [0.2, 0.25) is 10.2 Å². The van der Waals surface area contributed by atoms with Crippen LogP contribution in [0.15, 0.2) is 42.5 Å². The van der Waals surface area contributed by atoms with Crippen molar-refractivity contribution in [3.05, 3.63) is 58.3 Å². The number of hydrogen-bond donors (Lipinski definition) is 1. The number of nitrogens with zero attached hydrogens (tertiary/aromatic N) is 1. The van der Waals surface area contributed by atoms with Crippen LogP contribution >= 0.6 is 35.1 Å². The molecule has 88 valence electrons. The van der Waals surface area contributed by atoms with Gasteiger partial charge in [0.1, 0.15) is 5.15 Å². The highest BCUT2D eigenvalue weighted by Crippen LogP contribution is 2.22. The number of aromatic nitrogens is 1. The van der Waals surface area contributed by atoms with Crippen molar-refractivity contribution >= 4 is 40.8 Å². The first-order valence-electron chi connectivity index (χ1n) is 4.99. The summed E-state index contributed by atoms with van der Waals surface area (Å²) in [6, 6.07) is 13.4. The van der Waals surface area contributed by atoms with Gasteiger partial charge in [-0.05, 0) is 36.2 Å². The van der Waals surface area contributed by atoms with Crippen molar-refractivity contribution in [1.82, 2.24) is 4.98 Å². The second kappa shape index (κ2) is 6.15. The number of rotatable bonds is 4. The predicted octanol–water partition coefficient (Wildman–Crippen LogP) is 4.65. The zero-order valence-electron chi connectivity index (χ0n) is 8.86. The molecule has 1 aromatic heterocycles. The fourth-order valence-electron chi connectivity index (χ4n) is 1.25. The normalized spacial score (nSPS) is 10.2. The molecule has 0 radical (unpaired) electrons. The lowest BCUT2D eigenvalue weighted by Crippen LogP contribution is -1.93. The van der Waals surface area contributed by atoms with Crippen molar-refractivity contribution < 1.29 is 0 Å². The number of hydrogen-bond acceptors (Lipinski definition) is 3. The third kappa shape index (κ3) is 3.80. The van der Waals surface area contributed by atoms with Gasteiger partial charge >= 0.3 is 0 Å². The average molecular weight is 285 g/mol. The van der Waals surface area contributed by atoms with E-state index >= 15 is 0 Å². The number of para-hydroxylation sites is 1. The summed E-state index contributed by atoms with van der Waals surface area (Å²) in [5.41, 5.74) is 1.84. The second-order valence-electron chi connectivity index (χ2n) is 3.32. The molecule has 1 aromatic carbocycles. The van der Waals surface area contributed by atoms with Gasteiger partial charge in [-0.2, -0.15) is 0 Å². The summed E-state index contributed by atoms with van der Waals surface area (Å²) in [5.74, 6) is 0.661. The number of benzene rings is 1. The fourth-order valence-corrected chi connectivity index (χ4v) is 2.40. The number of nitrogens with one attached hydrogen (secondary N) is 1. The highest BCUT2D eigenvalue weighted by molar-refractivity contribution is 7.99. The van der Waals surface area contributed by atoms with Gasteiger partial charge in [-0.25, -0.2) is 4.98 Å². The largest absolute Gasteiger partial charge is 0.329 e. The minimum Gasteiger partial charge on any atom is -0.329 e. The van der Waals surface area contributed by atoms with Crippen molar-refractivity contribution in [2.45, 2.75) is 5.75 Å². The zero-order valence-corrected chi connectivity index (χ0v) is 11.2. The van der Waals surface area contributed by atoms with Crippen LogP contribution in [0.4, 0.5) is 5.69 Å². The molecule has 0 unspecified atom stereocenters. The van der Waals surface area contributed by atoms with Crippen LogP contribution < -0.4 is 4.72 Å². The fraction of sp³-hybridized carbons (Fsp3) is 0.0833. The average Bonchev–Trinajstić information content (AvgIpc) is 2.35.